The lowest BCUT2D eigenvalue weighted by Crippen LogP contribution is -2.48. The van der Waals surface area contributed by atoms with Crippen LogP contribution in [-0.4, -0.2) is 66.7 Å². The summed E-state index contributed by atoms with van der Waals surface area (Å²) in [6.45, 7) is 2.17. The molecule has 1 saturated heterocycles. The number of amides is 1. The third-order valence-corrected chi connectivity index (χ3v) is 9.67. The van der Waals surface area contributed by atoms with Crippen molar-refractivity contribution in [3.63, 3.8) is 0 Å². The minimum Gasteiger partial charge on any atom is -0.497 e. The van der Waals surface area contributed by atoms with Gasteiger partial charge in [0.2, 0.25) is 0 Å². The minimum atomic E-state index is -3.82. The Labute approximate surface area is 226 Å². The number of carbonyl (C=O) groups excluding carboxylic acids is 1. The number of rotatable bonds is 7. The number of methoxy groups -OCH3 is 2. The van der Waals surface area contributed by atoms with E-state index in [9.17, 15) is 13.2 Å². The Kier molecular flexibility index (Phi) is 7.18. The number of benzene rings is 3. The van der Waals surface area contributed by atoms with Crippen LogP contribution in [0.25, 0.3) is 10.1 Å². The molecule has 5 rings (SSSR count). The number of carbonyl (C=O) groups is 1. The maximum Gasteiger partial charge on any atom is 0.264 e. The molecular formula is C28H29N3O5S2. The van der Waals surface area contributed by atoms with E-state index in [1.165, 1.54) is 22.7 Å². The molecular weight excluding hydrogens is 522 g/mol. The predicted octanol–water partition coefficient (Wildman–Crippen LogP) is 4.71. The topological polar surface area (TPSA) is 79.4 Å². The molecule has 1 fully saturated rings. The highest BCUT2D eigenvalue weighted by atomic mass is 32.2. The maximum atomic E-state index is 13.5. The molecule has 38 heavy (non-hydrogen) atoms. The van der Waals surface area contributed by atoms with Crippen LogP contribution in [0, 0.1) is 0 Å². The van der Waals surface area contributed by atoms with Gasteiger partial charge in [0.15, 0.2) is 0 Å². The fraction of sp³-hybridized carbons (Fsp3) is 0.250. The van der Waals surface area contributed by atoms with Gasteiger partial charge in [-0.05, 0) is 60.0 Å². The van der Waals surface area contributed by atoms with Crippen LogP contribution in [0.15, 0.2) is 77.7 Å². The van der Waals surface area contributed by atoms with E-state index in [4.69, 9.17) is 9.47 Å². The first-order valence-electron chi connectivity index (χ1n) is 12.2. The molecule has 1 aliphatic heterocycles. The van der Waals surface area contributed by atoms with Gasteiger partial charge in [-0.1, -0.05) is 18.2 Å². The van der Waals surface area contributed by atoms with Crippen LogP contribution in [0.5, 0.6) is 11.5 Å². The number of piperazine rings is 1. The van der Waals surface area contributed by atoms with E-state index in [1.54, 1.807) is 56.7 Å². The molecule has 3 aromatic carbocycles. The van der Waals surface area contributed by atoms with Gasteiger partial charge in [-0.3, -0.25) is 9.10 Å². The first-order valence-corrected chi connectivity index (χ1v) is 14.4. The van der Waals surface area contributed by atoms with E-state index in [1.807, 2.05) is 35.2 Å². The molecule has 0 aliphatic carbocycles. The second-order valence-corrected chi connectivity index (χ2v) is 12.0. The van der Waals surface area contributed by atoms with Gasteiger partial charge in [-0.25, -0.2) is 8.42 Å². The van der Waals surface area contributed by atoms with Crippen LogP contribution in [-0.2, 0) is 10.0 Å². The smallest absolute Gasteiger partial charge is 0.264 e. The van der Waals surface area contributed by atoms with Gasteiger partial charge in [0.05, 0.1) is 35.4 Å². The Morgan fingerprint density at radius 1 is 0.895 bits per heavy atom. The van der Waals surface area contributed by atoms with Crippen LogP contribution >= 0.6 is 11.3 Å². The standard InChI is InChI=1S/C28H29N3O5S2/c1-29(21-8-10-22(35-2)11-9-21)38(33,34)23-12-13-25(36-3)24(19-23)30-14-16-31(17-15-30)28(32)27-18-20-6-4-5-7-26(20)37-27/h4-13,18-19H,14-17H2,1-3H3. The number of ether oxygens (including phenoxy) is 2. The second-order valence-electron chi connectivity index (χ2n) is 8.93. The van der Waals surface area contributed by atoms with Crippen LogP contribution < -0.4 is 18.7 Å². The van der Waals surface area contributed by atoms with Crippen molar-refractivity contribution in [2.45, 2.75) is 4.90 Å². The van der Waals surface area contributed by atoms with Crippen molar-refractivity contribution in [3.05, 3.63) is 77.7 Å². The van der Waals surface area contributed by atoms with Crippen LogP contribution in [0.4, 0.5) is 11.4 Å². The zero-order valence-corrected chi connectivity index (χ0v) is 23.1. The summed E-state index contributed by atoms with van der Waals surface area (Å²) in [5.41, 5.74) is 1.21. The zero-order chi connectivity index (χ0) is 26.9. The number of anilines is 2. The third-order valence-electron chi connectivity index (χ3n) is 6.79. The first kappa shape index (κ1) is 25.9. The van der Waals surface area contributed by atoms with Gasteiger partial charge in [-0.2, -0.15) is 0 Å². The normalized spacial score (nSPS) is 14.0. The number of fused-ring (bicyclic) bond motifs is 1. The lowest BCUT2D eigenvalue weighted by atomic mass is 10.2. The summed E-state index contributed by atoms with van der Waals surface area (Å²) in [6, 6.07) is 21.7. The Morgan fingerprint density at radius 2 is 1.61 bits per heavy atom. The first-order chi connectivity index (χ1) is 18.3. The molecule has 0 bridgehead atoms. The van der Waals surface area contributed by atoms with Gasteiger partial charge in [0, 0.05) is 37.9 Å². The SMILES string of the molecule is COc1ccc(N(C)S(=O)(=O)c2ccc(OC)c(N3CCN(C(=O)c4cc5ccccc5s4)CC3)c2)cc1. The van der Waals surface area contributed by atoms with Crippen molar-refractivity contribution in [2.24, 2.45) is 0 Å². The fourth-order valence-electron chi connectivity index (χ4n) is 4.56. The van der Waals surface area contributed by atoms with Crippen molar-refractivity contribution in [1.82, 2.24) is 4.90 Å². The largest absolute Gasteiger partial charge is 0.497 e. The molecule has 0 N–H and O–H groups in total. The summed E-state index contributed by atoms with van der Waals surface area (Å²) in [5, 5.41) is 1.07. The number of nitrogens with zero attached hydrogens (tertiary/aromatic N) is 3. The molecule has 1 aromatic heterocycles. The van der Waals surface area contributed by atoms with Gasteiger partial charge in [-0.15, -0.1) is 11.3 Å². The molecule has 0 saturated carbocycles. The second kappa shape index (κ2) is 10.5. The summed E-state index contributed by atoms with van der Waals surface area (Å²) in [6.07, 6.45) is 0. The molecule has 10 heteroatoms. The van der Waals surface area contributed by atoms with E-state index in [2.05, 4.69) is 4.90 Å². The molecule has 0 spiro atoms. The van der Waals surface area contributed by atoms with Gasteiger partial charge in [0.25, 0.3) is 15.9 Å². The summed E-state index contributed by atoms with van der Waals surface area (Å²) < 4.78 is 40.0. The Bertz CT molecular complexity index is 1530. The van der Waals surface area contributed by atoms with Crippen molar-refractivity contribution >= 4 is 48.7 Å². The molecule has 198 valence electrons. The number of hydrogen-bond acceptors (Lipinski definition) is 7. The molecule has 1 aliphatic rings. The molecule has 4 aromatic rings. The monoisotopic (exact) mass is 551 g/mol. The number of hydrogen-bond donors (Lipinski definition) is 0. The third kappa shape index (κ3) is 4.89. The minimum absolute atomic E-state index is 0.0234. The summed E-state index contributed by atoms with van der Waals surface area (Å²) >= 11 is 1.51. The zero-order valence-electron chi connectivity index (χ0n) is 21.5. The Hall–Kier alpha value is -3.76. The summed E-state index contributed by atoms with van der Waals surface area (Å²) in [5.74, 6) is 1.26. The predicted molar refractivity (Wildman–Crippen MR) is 152 cm³/mol. The van der Waals surface area contributed by atoms with Gasteiger partial charge < -0.3 is 19.3 Å². The molecule has 1 amide bonds. The van der Waals surface area contributed by atoms with Crippen molar-refractivity contribution in [3.8, 4) is 11.5 Å². The lowest BCUT2D eigenvalue weighted by Gasteiger charge is -2.36. The Morgan fingerprint density at radius 3 is 2.26 bits per heavy atom. The van der Waals surface area contributed by atoms with E-state index in [0.29, 0.717) is 49.1 Å². The highest BCUT2D eigenvalue weighted by molar-refractivity contribution is 7.92. The van der Waals surface area contributed by atoms with Crippen LogP contribution in [0.3, 0.4) is 0 Å². The number of sulfonamides is 1. The maximum absolute atomic E-state index is 13.5. The highest BCUT2D eigenvalue weighted by Gasteiger charge is 2.28. The molecule has 0 atom stereocenters. The van der Waals surface area contributed by atoms with Gasteiger partial charge >= 0.3 is 0 Å². The summed E-state index contributed by atoms with van der Waals surface area (Å²) in [4.78, 5) is 18.0. The fourth-order valence-corrected chi connectivity index (χ4v) is 6.81. The molecule has 8 nitrogen and oxygen atoms in total. The van der Waals surface area contributed by atoms with E-state index >= 15 is 0 Å². The van der Waals surface area contributed by atoms with E-state index in [0.717, 1.165) is 15.0 Å². The van der Waals surface area contributed by atoms with Crippen molar-refractivity contribution in [2.75, 3.05) is 56.7 Å². The van der Waals surface area contributed by atoms with E-state index in [-0.39, 0.29) is 10.8 Å². The quantitative estimate of drug-likeness (QED) is 0.331. The molecule has 0 radical (unpaired) electrons. The Balaban J connectivity index is 1.34. The average Bonchev–Trinajstić information content (AvgIpc) is 3.40. The van der Waals surface area contributed by atoms with Crippen molar-refractivity contribution in [1.29, 1.82) is 0 Å². The molecule has 0 unspecified atom stereocenters. The summed E-state index contributed by atoms with van der Waals surface area (Å²) in [7, 11) is 0.834. The highest BCUT2D eigenvalue weighted by Crippen LogP contribution is 2.34. The van der Waals surface area contributed by atoms with Gasteiger partial charge in [0.1, 0.15) is 11.5 Å². The lowest BCUT2D eigenvalue weighted by molar-refractivity contribution is 0.0751. The van der Waals surface area contributed by atoms with Crippen molar-refractivity contribution < 1.29 is 22.7 Å². The number of thiophene rings is 1. The molecule has 2 heterocycles. The van der Waals surface area contributed by atoms with Crippen LogP contribution in [0.1, 0.15) is 9.67 Å². The van der Waals surface area contributed by atoms with Crippen LogP contribution in [0.2, 0.25) is 0 Å². The average molecular weight is 552 g/mol. The van der Waals surface area contributed by atoms with E-state index < -0.39 is 10.0 Å².